The summed E-state index contributed by atoms with van der Waals surface area (Å²) in [5.41, 5.74) is 1.58. The van der Waals surface area contributed by atoms with E-state index in [1.807, 2.05) is 0 Å². The number of carbonyl (C=O) groups excluding carboxylic acids is 2. The fourth-order valence-corrected chi connectivity index (χ4v) is 3.84. The first kappa shape index (κ1) is 21.9. The first-order chi connectivity index (χ1) is 16.6. The molecule has 2 aliphatic heterocycles. The number of amides is 2. The topological polar surface area (TPSA) is 86.3 Å². The van der Waals surface area contributed by atoms with E-state index in [-0.39, 0.29) is 25.2 Å². The Balaban J connectivity index is 1.25. The molecule has 0 aliphatic carbocycles. The number of carbonyl (C=O) groups is 2. The zero-order chi connectivity index (χ0) is 23.5. The van der Waals surface area contributed by atoms with Crippen LogP contribution in [0.1, 0.15) is 16.8 Å². The van der Waals surface area contributed by atoms with Gasteiger partial charge in [0.05, 0.1) is 12.3 Å². The predicted octanol–water partition coefficient (Wildman–Crippen LogP) is 4.52. The number of hydrogen-bond donors (Lipinski definition) is 1. The van der Waals surface area contributed by atoms with Crippen molar-refractivity contribution in [1.29, 1.82) is 0 Å². The monoisotopic (exact) mass is 480 g/mol. The van der Waals surface area contributed by atoms with Crippen molar-refractivity contribution in [3.05, 3.63) is 71.2 Å². The fourth-order valence-electron chi connectivity index (χ4n) is 3.71. The molecule has 5 rings (SSSR count). The molecular formula is C25H21ClN2O6. The zero-order valence-electron chi connectivity index (χ0n) is 18.1. The molecule has 0 atom stereocenters. The van der Waals surface area contributed by atoms with Crippen molar-refractivity contribution in [3.8, 4) is 23.0 Å². The lowest BCUT2D eigenvalue weighted by Crippen LogP contribution is -2.39. The molecule has 1 N–H and O–H groups in total. The highest BCUT2D eigenvalue weighted by Crippen LogP contribution is 2.36. The van der Waals surface area contributed by atoms with Crippen LogP contribution in [0.5, 0.6) is 23.0 Å². The molecule has 0 fully saturated rings. The van der Waals surface area contributed by atoms with Gasteiger partial charge in [-0.3, -0.25) is 9.59 Å². The van der Waals surface area contributed by atoms with Gasteiger partial charge in [-0.05, 0) is 67.1 Å². The number of rotatable bonds is 7. The van der Waals surface area contributed by atoms with E-state index in [0.717, 1.165) is 0 Å². The van der Waals surface area contributed by atoms with E-state index in [4.69, 9.17) is 30.5 Å². The molecule has 2 amide bonds. The molecule has 3 aromatic carbocycles. The first-order valence-electron chi connectivity index (χ1n) is 10.7. The number of nitrogens with one attached hydrogen (secondary N) is 1. The minimum atomic E-state index is -0.302. The molecule has 0 saturated carbocycles. The van der Waals surface area contributed by atoms with Crippen LogP contribution in [0.2, 0.25) is 5.02 Å². The summed E-state index contributed by atoms with van der Waals surface area (Å²) in [6.45, 7) is 0.984. The lowest BCUT2D eigenvalue weighted by atomic mass is 10.1. The normalized spacial score (nSPS) is 13.8. The zero-order valence-corrected chi connectivity index (χ0v) is 18.8. The van der Waals surface area contributed by atoms with Crippen LogP contribution < -0.4 is 29.2 Å². The van der Waals surface area contributed by atoms with Crippen LogP contribution >= 0.6 is 11.6 Å². The Kier molecular flexibility index (Phi) is 6.14. The van der Waals surface area contributed by atoms with Gasteiger partial charge in [-0.15, -0.1) is 0 Å². The Morgan fingerprint density at radius 1 is 0.971 bits per heavy atom. The Hall–Kier alpha value is -3.91. The largest absolute Gasteiger partial charge is 0.494 e. The van der Waals surface area contributed by atoms with Crippen LogP contribution in [-0.4, -0.2) is 38.4 Å². The second-order valence-electron chi connectivity index (χ2n) is 7.69. The second-order valence-corrected chi connectivity index (χ2v) is 8.13. The van der Waals surface area contributed by atoms with Crippen molar-refractivity contribution in [2.75, 3.05) is 36.8 Å². The molecule has 0 radical (unpaired) electrons. The minimum Gasteiger partial charge on any atom is -0.494 e. The maximum absolute atomic E-state index is 12.8. The maximum Gasteiger partial charge on any atom is 0.265 e. The van der Waals surface area contributed by atoms with Gasteiger partial charge < -0.3 is 29.2 Å². The predicted molar refractivity (Wildman–Crippen MR) is 126 cm³/mol. The number of ether oxygens (including phenoxy) is 4. The summed E-state index contributed by atoms with van der Waals surface area (Å²) in [4.78, 5) is 27.0. The summed E-state index contributed by atoms with van der Waals surface area (Å²) in [5.74, 6) is 1.98. The van der Waals surface area contributed by atoms with Gasteiger partial charge in [0.15, 0.2) is 18.1 Å². The molecule has 0 bridgehead atoms. The highest BCUT2D eigenvalue weighted by atomic mass is 35.5. The molecule has 9 heteroatoms. The molecule has 174 valence electrons. The molecule has 0 saturated heterocycles. The third kappa shape index (κ3) is 4.72. The van der Waals surface area contributed by atoms with E-state index in [0.29, 0.717) is 64.5 Å². The average Bonchev–Trinajstić information content (AvgIpc) is 3.32. The van der Waals surface area contributed by atoms with Crippen LogP contribution in [0.4, 0.5) is 11.4 Å². The molecule has 2 aliphatic rings. The molecule has 0 aromatic heterocycles. The van der Waals surface area contributed by atoms with Gasteiger partial charge in [0.25, 0.3) is 11.8 Å². The highest BCUT2D eigenvalue weighted by Gasteiger charge is 2.26. The summed E-state index contributed by atoms with van der Waals surface area (Å²) in [6, 6.07) is 17.3. The lowest BCUT2D eigenvalue weighted by Gasteiger charge is -2.30. The standard InChI is InChI=1S/C25H21ClN2O6/c26-17-3-6-19(7-4-17)31-11-1-10-28-20-13-18(5-9-21(20)32-14-24(28)29)27-25(30)16-2-8-22-23(12-16)34-15-33-22/h2-9,12-13H,1,10-11,14-15H2,(H,27,30). The quantitative estimate of drug-likeness (QED) is 0.500. The summed E-state index contributed by atoms with van der Waals surface area (Å²) in [6.07, 6.45) is 0.613. The van der Waals surface area contributed by atoms with E-state index in [9.17, 15) is 9.59 Å². The summed E-state index contributed by atoms with van der Waals surface area (Å²) in [5, 5.41) is 3.51. The van der Waals surface area contributed by atoms with Gasteiger partial charge in [-0.1, -0.05) is 11.6 Å². The minimum absolute atomic E-state index is 0.0338. The van der Waals surface area contributed by atoms with Gasteiger partial charge in [-0.25, -0.2) is 0 Å². The highest BCUT2D eigenvalue weighted by molar-refractivity contribution is 6.30. The van der Waals surface area contributed by atoms with Gasteiger partial charge in [0, 0.05) is 22.8 Å². The molecule has 0 unspecified atom stereocenters. The van der Waals surface area contributed by atoms with Crippen molar-refractivity contribution in [1.82, 2.24) is 0 Å². The number of benzene rings is 3. The van der Waals surface area contributed by atoms with Crippen molar-refractivity contribution in [2.45, 2.75) is 6.42 Å². The average molecular weight is 481 g/mol. The first-order valence-corrected chi connectivity index (χ1v) is 11.1. The Labute approximate surface area is 200 Å². The summed E-state index contributed by atoms with van der Waals surface area (Å²) in [7, 11) is 0. The number of anilines is 2. The molecule has 8 nitrogen and oxygen atoms in total. The van der Waals surface area contributed by atoms with Crippen LogP contribution in [0.25, 0.3) is 0 Å². The number of hydrogen-bond acceptors (Lipinski definition) is 6. The third-order valence-corrected chi connectivity index (χ3v) is 5.65. The van der Waals surface area contributed by atoms with Crippen molar-refractivity contribution in [3.63, 3.8) is 0 Å². The van der Waals surface area contributed by atoms with Gasteiger partial charge >= 0.3 is 0 Å². The molecule has 3 aromatic rings. The lowest BCUT2D eigenvalue weighted by molar-refractivity contribution is -0.121. The Bertz CT molecular complexity index is 1230. The number of fused-ring (bicyclic) bond motifs is 2. The van der Waals surface area contributed by atoms with E-state index in [1.54, 1.807) is 65.6 Å². The molecule has 0 spiro atoms. The van der Waals surface area contributed by atoms with Crippen LogP contribution in [0, 0.1) is 0 Å². The number of nitrogens with zero attached hydrogens (tertiary/aromatic N) is 1. The fraction of sp³-hybridized carbons (Fsp3) is 0.200. The smallest absolute Gasteiger partial charge is 0.265 e. The van der Waals surface area contributed by atoms with Crippen LogP contribution in [0.3, 0.4) is 0 Å². The van der Waals surface area contributed by atoms with Crippen molar-refractivity contribution >= 4 is 34.8 Å². The molecular weight excluding hydrogens is 460 g/mol. The maximum atomic E-state index is 12.8. The van der Waals surface area contributed by atoms with Gasteiger partial charge in [0.1, 0.15) is 11.5 Å². The molecule has 2 heterocycles. The number of halogens is 1. The molecule has 34 heavy (non-hydrogen) atoms. The van der Waals surface area contributed by atoms with Gasteiger partial charge in [-0.2, -0.15) is 0 Å². The summed E-state index contributed by atoms with van der Waals surface area (Å²) >= 11 is 5.89. The van der Waals surface area contributed by atoms with E-state index in [2.05, 4.69) is 5.32 Å². The Morgan fingerprint density at radius 2 is 1.76 bits per heavy atom. The van der Waals surface area contributed by atoms with Crippen molar-refractivity contribution < 1.29 is 28.5 Å². The van der Waals surface area contributed by atoms with Crippen LogP contribution in [0.15, 0.2) is 60.7 Å². The second kappa shape index (κ2) is 9.52. The van der Waals surface area contributed by atoms with Gasteiger partial charge in [0.2, 0.25) is 6.79 Å². The third-order valence-electron chi connectivity index (χ3n) is 5.40. The van der Waals surface area contributed by atoms with E-state index in [1.165, 1.54) is 0 Å². The van der Waals surface area contributed by atoms with E-state index >= 15 is 0 Å². The van der Waals surface area contributed by atoms with Crippen LogP contribution in [-0.2, 0) is 4.79 Å². The SMILES string of the molecule is O=C(Nc1ccc2c(c1)N(CCCOc1ccc(Cl)cc1)C(=O)CO2)c1ccc2c(c1)OCO2. The Morgan fingerprint density at radius 3 is 2.62 bits per heavy atom. The van der Waals surface area contributed by atoms with Crippen molar-refractivity contribution in [2.24, 2.45) is 0 Å². The summed E-state index contributed by atoms with van der Waals surface area (Å²) < 4.78 is 21.9. The van der Waals surface area contributed by atoms with E-state index < -0.39 is 0 Å².